The fourth-order valence-corrected chi connectivity index (χ4v) is 7.26. The van der Waals surface area contributed by atoms with Crippen LogP contribution < -0.4 is 5.32 Å². The minimum atomic E-state index is -0.728. The molecule has 264 valence electrons. The number of aliphatic hydroxyl groups is 1. The molecule has 52 heavy (non-hydrogen) atoms. The normalized spacial score (nSPS) is 14.4. The third kappa shape index (κ3) is 7.24. The first-order valence-corrected chi connectivity index (χ1v) is 17.9. The van der Waals surface area contributed by atoms with Gasteiger partial charge in [-0.05, 0) is 136 Å². The highest BCUT2D eigenvalue weighted by Gasteiger charge is 2.25. The number of nitriles is 1. The maximum atomic E-state index is 11.4. The van der Waals surface area contributed by atoms with Crippen LogP contribution in [0.4, 0.5) is 11.5 Å². The maximum Gasteiger partial charge on any atom is 0.306 e. The van der Waals surface area contributed by atoms with Gasteiger partial charge in [0.25, 0.3) is 0 Å². The highest BCUT2D eigenvalue weighted by molar-refractivity contribution is 5.91. The molecule has 0 radical (unpaired) electrons. The molecule has 0 unspecified atom stereocenters. The van der Waals surface area contributed by atoms with E-state index in [1.54, 1.807) is 6.20 Å². The number of nitrogens with one attached hydrogen (secondary N) is 1. The number of benzene rings is 3. The molecule has 10 heteroatoms. The number of aryl methyl sites for hydroxylation is 1. The number of aliphatic carboxylic acids is 1. The predicted molar refractivity (Wildman–Crippen MR) is 202 cm³/mol. The van der Waals surface area contributed by atoms with Crippen molar-refractivity contribution in [2.45, 2.75) is 65.5 Å². The summed E-state index contributed by atoms with van der Waals surface area (Å²) in [6.07, 6.45) is 7.15. The number of nitrogens with zero attached hydrogens (tertiary/aromatic N) is 5. The molecule has 1 aliphatic rings. The molecule has 0 bridgehead atoms. The molecule has 3 N–H and O–H groups in total. The van der Waals surface area contributed by atoms with E-state index in [1.165, 1.54) is 0 Å². The van der Waals surface area contributed by atoms with Crippen LogP contribution in [0, 0.1) is 31.1 Å². The summed E-state index contributed by atoms with van der Waals surface area (Å²) < 4.78 is 6.30. The number of carboxylic acid groups (broad SMARTS) is 1. The molecule has 0 spiro atoms. The summed E-state index contributed by atoms with van der Waals surface area (Å²) in [5.41, 5.74) is 10.3. The number of rotatable bonds is 11. The second kappa shape index (κ2) is 14.9. The van der Waals surface area contributed by atoms with Crippen LogP contribution in [0.5, 0.6) is 0 Å². The van der Waals surface area contributed by atoms with E-state index in [4.69, 9.17) is 14.4 Å². The number of oxazole rings is 1. The summed E-state index contributed by atoms with van der Waals surface area (Å²) >= 11 is 0. The fraction of sp³-hybridized carbons (Fsp3) is 0.310. The molecule has 1 saturated heterocycles. The Morgan fingerprint density at radius 3 is 2.52 bits per heavy atom. The first kappa shape index (κ1) is 34.8. The Labute approximate surface area is 302 Å². The van der Waals surface area contributed by atoms with E-state index in [9.17, 15) is 20.3 Å². The number of pyridine rings is 2. The van der Waals surface area contributed by atoms with E-state index < -0.39 is 5.97 Å². The average Bonchev–Trinajstić information content (AvgIpc) is 3.56. The van der Waals surface area contributed by atoms with E-state index >= 15 is 0 Å². The van der Waals surface area contributed by atoms with Gasteiger partial charge in [-0.15, -0.1) is 0 Å². The minimum Gasteiger partial charge on any atom is -0.481 e. The van der Waals surface area contributed by atoms with Crippen molar-refractivity contribution in [3.63, 3.8) is 0 Å². The second-order valence-electron chi connectivity index (χ2n) is 13.9. The van der Waals surface area contributed by atoms with Gasteiger partial charge in [-0.25, -0.2) is 9.97 Å². The fourth-order valence-electron chi connectivity index (χ4n) is 7.26. The monoisotopic (exact) mass is 694 g/mol. The summed E-state index contributed by atoms with van der Waals surface area (Å²) in [5.74, 6) is 0.114. The SMILES string of the molecule is Cc1c(Nc2nccc3cc(CCC[C@@H](C)O)cnc23)cccc1-c1cccc(-c2nc3cc(CN4CCC(C(=O)O)CC4)cc(C#N)c3o2)c1C. The van der Waals surface area contributed by atoms with Crippen molar-refractivity contribution < 1.29 is 19.4 Å². The van der Waals surface area contributed by atoms with Crippen LogP contribution in [0.3, 0.4) is 0 Å². The lowest BCUT2D eigenvalue weighted by atomic mass is 9.93. The molecule has 1 fully saturated rings. The van der Waals surface area contributed by atoms with Gasteiger partial charge in [0, 0.05) is 35.6 Å². The lowest BCUT2D eigenvalue weighted by Gasteiger charge is -2.30. The van der Waals surface area contributed by atoms with Crippen LogP contribution in [-0.2, 0) is 17.8 Å². The van der Waals surface area contributed by atoms with Crippen molar-refractivity contribution in [1.82, 2.24) is 19.9 Å². The van der Waals surface area contributed by atoms with E-state index in [1.807, 2.05) is 55.6 Å². The van der Waals surface area contributed by atoms with Gasteiger partial charge >= 0.3 is 5.97 Å². The first-order chi connectivity index (χ1) is 25.2. The number of carbonyl (C=O) groups is 1. The zero-order valence-electron chi connectivity index (χ0n) is 29.7. The third-order valence-electron chi connectivity index (χ3n) is 10.2. The van der Waals surface area contributed by atoms with Crippen LogP contribution in [0.2, 0.25) is 0 Å². The zero-order valence-corrected chi connectivity index (χ0v) is 29.7. The van der Waals surface area contributed by atoms with E-state index in [0.717, 1.165) is 74.8 Å². The van der Waals surface area contributed by atoms with Gasteiger partial charge in [-0.3, -0.25) is 14.7 Å². The largest absolute Gasteiger partial charge is 0.481 e. The Kier molecular flexibility index (Phi) is 9.99. The molecular formula is C42H42N6O4. The van der Waals surface area contributed by atoms with Gasteiger partial charge in [0.15, 0.2) is 11.4 Å². The highest BCUT2D eigenvalue weighted by atomic mass is 16.4. The number of likely N-dealkylation sites (tertiary alicyclic amines) is 1. The molecule has 3 aromatic carbocycles. The molecule has 3 aromatic heterocycles. The molecule has 1 atom stereocenters. The Bertz CT molecular complexity index is 2320. The summed E-state index contributed by atoms with van der Waals surface area (Å²) in [5, 5.41) is 33.6. The third-order valence-corrected chi connectivity index (χ3v) is 10.2. The second-order valence-corrected chi connectivity index (χ2v) is 13.9. The molecular weight excluding hydrogens is 653 g/mol. The minimum absolute atomic E-state index is 0.293. The topological polar surface area (TPSA) is 148 Å². The number of piperidine rings is 1. The van der Waals surface area contributed by atoms with Crippen molar-refractivity contribution in [3.05, 3.63) is 101 Å². The van der Waals surface area contributed by atoms with E-state index in [0.29, 0.717) is 60.8 Å². The number of carboxylic acids is 1. The Hall–Kier alpha value is -5.63. The van der Waals surface area contributed by atoms with Gasteiger partial charge in [-0.2, -0.15) is 5.26 Å². The van der Waals surface area contributed by atoms with E-state index in [-0.39, 0.29) is 12.0 Å². The number of aromatic nitrogens is 3. The van der Waals surface area contributed by atoms with Crippen LogP contribution in [0.15, 0.2) is 77.5 Å². The van der Waals surface area contributed by atoms with Crippen molar-refractivity contribution in [2.75, 3.05) is 18.4 Å². The smallest absolute Gasteiger partial charge is 0.306 e. The number of aliphatic hydroxyl groups excluding tert-OH is 1. The Morgan fingerprint density at radius 1 is 1.02 bits per heavy atom. The molecule has 6 aromatic rings. The van der Waals surface area contributed by atoms with Crippen molar-refractivity contribution in [3.8, 4) is 28.7 Å². The molecule has 10 nitrogen and oxygen atoms in total. The maximum absolute atomic E-state index is 11.4. The number of anilines is 2. The number of hydrogen-bond acceptors (Lipinski definition) is 9. The molecule has 0 saturated carbocycles. The Balaban J connectivity index is 1.15. The van der Waals surface area contributed by atoms with Crippen molar-refractivity contribution >= 4 is 39.5 Å². The van der Waals surface area contributed by atoms with Crippen LogP contribution in [0.1, 0.15) is 60.4 Å². The summed E-state index contributed by atoms with van der Waals surface area (Å²) in [7, 11) is 0. The molecule has 0 amide bonds. The molecule has 4 heterocycles. The Morgan fingerprint density at radius 2 is 1.77 bits per heavy atom. The predicted octanol–water partition coefficient (Wildman–Crippen LogP) is 8.34. The lowest BCUT2D eigenvalue weighted by Crippen LogP contribution is -2.35. The van der Waals surface area contributed by atoms with Gasteiger partial charge in [-0.1, -0.05) is 24.3 Å². The van der Waals surface area contributed by atoms with Gasteiger partial charge < -0.3 is 19.9 Å². The standard InChI is InChI=1S/C42H42N6O4/c1-25(49)7-4-8-28-19-31-13-16-44-40(38(31)45-23-28)46-36-12-6-10-34(27(36)3)33-9-5-11-35(26(33)2)41-47-37-21-29(20-32(22-43)39(37)52-41)24-48-17-14-30(15-18-48)42(50)51/h5-6,9-13,16,19-21,23,25,30,49H,4,7-8,14-15,17-18,24H2,1-3H3,(H,44,46)(H,50,51)/t25-/m1/s1. The van der Waals surface area contributed by atoms with Gasteiger partial charge in [0.05, 0.1) is 17.6 Å². The highest BCUT2D eigenvalue weighted by Crippen LogP contribution is 2.38. The quantitative estimate of drug-likeness (QED) is 0.121. The van der Waals surface area contributed by atoms with Crippen molar-refractivity contribution in [2.24, 2.45) is 5.92 Å². The zero-order chi connectivity index (χ0) is 36.4. The number of hydrogen-bond donors (Lipinski definition) is 3. The van der Waals surface area contributed by atoms with Crippen LogP contribution >= 0.6 is 0 Å². The van der Waals surface area contributed by atoms with E-state index in [2.05, 4.69) is 53.3 Å². The lowest BCUT2D eigenvalue weighted by molar-refractivity contribution is -0.143. The van der Waals surface area contributed by atoms with Crippen molar-refractivity contribution in [1.29, 1.82) is 5.26 Å². The van der Waals surface area contributed by atoms with Crippen LogP contribution in [0.25, 0.3) is 44.6 Å². The molecule has 1 aliphatic heterocycles. The summed E-state index contributed by atoms with van der Waals surface area (Å²) in [6.45, 7) is 7.99. The van der Waals surface area contributed by atoms with Crippen LogP contribution in [-0.4, -0.2) is 55.2 Å². The molecule has 0 aliphatic carbocycles. The average molecular weight is 695 g/mol. The van der Waals surface area contributed by atoms with Gasteiger partial charge in [0.2, 0.25) is 5.89 Å². The summed E-state index contributed by atoms with van der Waals surface area (Å²) in [6, 6.07) is 22.5. The number of fused-ring (bicyclic) bond motifs is 2. The van der Waals surface area contributed by atoms with Gasteiger partial charge in [0.1, 0.15) is 17.1 Å². The molecule has 7 rings (SSSR count). The first-order valence-electron chi connectivity index (χ1n) is 17.9. The summed E-state index contributed by atoms with van der Waals surface area (Å²) in [4.78, 5) is 27.9.